The quantitative estimate of drug-likeness (QED) is 0.476. The van der Waals surface area contributed by atoms with E-state index in [9.17, 15) is 19.7 Å². The van der Waals surface area contributed by atoms with Gasteiger partial charge < -0.3 is 19.3 Å². The van der Waals surface area contributed by atoms with Gasteiger partial charge in [0.15, 0.2) is 6.10 Å². The number of methoxy groups -OCH3 is 1. The van der Waals surface area contributed by atoms with Gasteiger partial charge in [0.2, 0.25) is 5.76 Å². The number of nitrogens with zero attached hydrogens (tertiary/aromatic N) is 2. The molecular weight excluding hydrogens is 334 g/mol. The van der Waals surface area contributed by atoms with Crippen molar-refractivity contribution in [2.24, 2.45) is 0 Å². The molecular formula is C15H15N3O7. The summed E-state index contributed by atoms with van der Waals surface area (Å²) >= 11 is 0. The van der Waals surface area contributed by atoms with Crippen LogP contribution in [0.4, 0.5) is 11.4 Å². The molecule has 0 saturated carbocycles. The third-order valence-electron chi connectivity index (χ3n) is 3.14. The fourth-order valence-corrected chi connectivity index (χ4v) is 1.86. The van der Waals surface area contributed by atoms with Gasteiger partial charge in [0.1, 0.15) is 11.4 Å². The van der Waals surface area contributed by atoms with Gasteiger partial charge in [-0.2, -0.15) is 0 Å². The normalized spacial score (nSPS) is 11.5. The number of carbonyl (C=O) groups excluding carboxylic acids is 2. The third kappa shape index (κ3) is 4.31. The maximum absolute atomic E-state index is 12.1. The number of rotatable bonds is 6. The Hall–Kier alpha value is -3.43. The lowest BCUT2D eigenvalue weighted by atomic mass is 10.2. The molecule has 0 fully saturated rings. The molecule has 0 aliphatic rings. The molecule has 2 aromatic rings. The van der Waals surface area contributed by atoms with E-state index in [2.05, 4.69) is 10.5 Å². The van der Waals surface area contributed by atoms with Crippen LogP contribution in [0.15, 0.2) is 28.8 Å². The molecule has 0 spiro atoms. The van der Waals surface area contributed by atoms with Gasteiger partial charge in [-0.1, -0.05) is 5.16 Å². The second-order valence-corrected chi connectivity index (χ2v) is 5.01. The first-order valence-electron chi connectivity index (χ1n) is 7.09. The Bertz CT molecular complexity index is 815. The van der Waals surface area contributed by atoms with Crippen LogP contribution in [0.5, 0.6) is 5.75 Å². The molecule has 0 radical (unpaired) electrons. The summed E-state index contributed by atoms with van der Waals surface area (Å²) in [5.74, 6) is -1.48. The molecule has 1 aromatic heterocycles. The highest BCUT2D eigenvalue weighted by Crippen LogP contribution is 2.29. The zero-order valence-corrected chi connectivity index (χ0v) is 13.6. The standard InChI is InChI=1S/C15H15N3O7/c1-8-6-13(25-17-8)15(20)24-9(2)14(19)16-11-5-4-10(23-3)7-12(11)18(21)22/h4-7,9H,1-3H3,(H,16,19)/t9-/m1/s1. The third-order valence-corrected chi connectivity index (χ3v) is 3.14. The molecule has 0 unspecified atom stereocenters. The van der Waals surface area contributed by atoms with Gasteiger partial charge in [-0.25, -0.2) is 4.79 Å². The zero-order valence-electron chi connectivity index (χ0n) is 13.6. The minimum absolute atomic E-state index is 0.0470. The second kappa shape index (κ2) is 7.43. The number of anilines is 1. The minimum Gasteiger partial charge on any atom is -0.496 e. The lowest BCUT2D eigenvalue weighted by molar-refractivity contribution is -0.384. The first-order valence-corrected chi connectivity index (χ1v) is 7.09. The Morgan fingerprint density at radius 2 is 2.08 bits per heavy atom. The van der Waals surface area contributed by atoms with Crippen LogP contribution in [0, 0.1) is 17.0 Å². The van der Waals surface area contributed by atoms with Crippen molar-refractivity contribution >= 4 is 23.3 Å². The molecule has 25 heavy (non-hydrogen) atoms. The van der Waals surface area contributed by atoms with E-state index in [1.807, 2.05) is 0 Å². The average Bonchev–Trinajstić information content (AvgIpc) is 3.01. The largest absolute Gasteiger partial charge is 0.496 e. The van der Waals surface area contributed by atoms with Crippen molar-refractivity contribution in [1.82, 2.24) is 5.16 Å². The smallest absolute Gasteiger partial charge is 0.377 e. The lowest BCUT2D eigenvalue weighted by Crippen LogP contribution is -2.30. The van der Waals surface area contributed by atoms with Crippen molar-refractivity contribution in [1.29, 1.82) is 0 Å². The molecule has 1 aromatic carbocycles. The first kappa shape index (κ1) is 17.9. The number of ether oxygens (including phenoxy) is 2. The summed E-state index contributed by atoms with van der Waals surface area (Å²) in [4.78, 5) is 34.4. The van der Waals surface area contributed by atoms with Crippen LogP contribution in [0.25, 0.3) is 0 Å². The summed E-state index contributed by atoms with van der Waals surface area (Å²) in [6.45, 7) is 2.95. The van der Waals surface area contributed by atoms with Crippen molar-refractivity contribution < 1.29 is 28.5 Å². The number of nitrogens with one attached hydrogen (secondary N) is 1. The maximum Gasteiger partial charge on any atom is 0.377 e. The monoisotopic (exact) mass is 349 g/mol. The van der Waals surface area contributed by atoms with E-state index in [1.54, 1.807) is 6.92 Å². The highest BCUT2D eigenvalue weighted by atomic mass is 16.6. The van der Waals surface area contributed by atoms with Crippen LogP contribution in [-0.2, 0) is 9.53 Å². The second-order valence-electron chi connectivity index (χ2n) is 5.01. The van der Waals surface area contributed by atoms with Gasteiger partial charge in [0.05, 0.1) is 23.8 Å². The highest BCUT2D eigenvalue weighted by Gasteiger charge is 2.24. The zero-order chi connectivity index (χ0) is 18.6. The number of carbonyl (C=O) groups is 2. The molecule has 132 valence electrons. The van der Waals surface area contributed by atoms with E-state index >= 15 is 0 Å². The molecule has 1 N–H and O–H groups in total. The Kier molecular flexibility index (Phi) is 5.32. The van der Waals surface area contributed by atoms with E-state index in [0.29, 0.717) is 5.69 Å². The number of amides is 1. The molecule has 0 saturated heterocycles. The molecule has 10 heteroatoms. The number of esters is 1. The van der Waals surface area contributed by atoms with Crippen molar-refractivity contribution in [3.63, 3.8) is 0 Å². The van der Waals surface area contributed by atoms with Gasteiger partial charge in [0, 0.05) is 6.07 Å². The van der Waals surface area contributed by atoms with Crippen molar-refractivity contribution in [2.45, 2.75) is 20.0 Å². The molecule has 1 amide bonds. The van der Waals surface area contributed by atoms with Crippen LogP contribution in [0.1, 0.15) is 23.2 Å². The fourth-order valence-electron chi connectivity index (χ4n) is 1.86. The van der Waals surface area contributed by atoms with Crippen LogP contribution < -0.4 is 10.1 Å². The molecule has 0 aliphatic carbocycles. The molecule has 0 bridgehead atoms. The van der Waals surface area contributed by atoms with Crippen LogP contribution in [0.2, 0.25) is 0 Å². The van der Waals surface area contributed by atoms with Gasteiger partial charge in [0.25, 0.3) is 11.6 Å². The summed E-state index contributed by atoms with van der Waals surface area (Å²) in [6, 6.07) is 5.31. The van der Waals surface area contributed by atoms with Gasteiger partial charge in [-0.05, 0) is 26.0 Å². The summed E-state index contributed by atoms with van der Waals surface area (Å²) in [6.07, 6.45) is -1.21. The molecule has 1 heterocycles. The topological polar surface area (TPSA) is 134 Å². The number of hydrogen-bond donors (Lipinski definition) is 1. The maximum atomic E-state index is 12.1. The number of hydrogen-bond acceptors (Lipinski definition) is 8. The predicted molar refractivity (Wildman–Crippen MR) is 84.4 cm³/mol. The van der Waals surface area contributed by atoms with Crippen LogP contribution in [-0.4, -0.2) is 35.2 Å². The van der Waals surface area contributed by atoms with E-state index < -0.39 is 22.9 Å². The fraction of sp³-hybridized carbons (Fsp3) is 0.267. The molecule has 0 aliphatic heterocycles. The number of nitro groups is 1. The van der Waals surface area contributed by atoms with E-state index in [1.165, 1.54) is 38.3 Å². The number of aryl methyl sites for hydroxylation is 1. The average molecular weight is 349 g/mol. The van der Waals surface area contributed by atoms with E-state index in [0.717, 1.165) is 0 Å². The van der Waals surface area contributed by atoms with Gasteiger partial charge >= 0.3 is 5.97 Å². The summed E-state index contributed by atoms with van der Waals surface area (Å²) in [7, 11) is 1.37. The summed E-state index contributed by atoms with van der Waals surface area (Å²) in [5, 5.41) is 17.0. The number of aromatic nitrogens is 1. The van der Waals surface area contributed by atoms with Gasteiger partial charge in [-0.3, -0.25) is 14.9 Å². The Balaban J connectivity index is 2.08. The summed E-state index contributed by atoms with van der Waals surface area (Å²) in [5.41, 5.74) is 0.0872. The molecule has 2 rings (SSSR count). The Morgan fingerprint density at radius 3 is 2.64 bits per heavy atom. The van der Waals surface area contributed by atoms with Crippen LogP contribution >= 0.6 is 0 Å². The highest BCUT2D eigenvalue weighted by molar-refractivity contribution is 5.98. The molecule has 1 atom stereocenters. The van der Waals surface area contributed by atoms with Gasteiger partial charge in [-0.15, -0.1) is 0 Å². The summed E-state index contributed by atoms with van der Waals surface area (Å²) < 4.78 is 14.6. The van der Waals surface area contributed by atoms with Crippen molar-refractivity contribution in [2.75, 3.05) is 12.4 Å². The predicted octanol–water partition coefficient (Wildman–Crippen LogP) is 2.08. The van der Waals surface area contributed by atoms with Crippen molar-refractivity contribution in [3.8, 4) is 5.75 Å². The van der Waals surface area contributed by atoms with E-state index in [-0.39, 0.29) is 22.9 Å². The van der Waals surface area contributed by atoms with Crippen LogP contribution in [0.3, 0.4) is 0 Å². The van der Waals surface area contributed by atoms with E-state index in [4.69, 9.17) is 14.0 Å². The SMILES string of the molecule is COc1ccc(NC(=O)[C@@H](C)OC(=O)c2cc(C)no2)c([N+](=O)[O-])c1. The minimum atomic E-state index is -1.21. The number of benzene rings is 1. The Morgan fingerprint density at radius 1 is 1.36 bits per heavy atom. The lowest BCUT2D eigenvalue weighted by Gasteiger charge is -2.13. The Labute approximate surface area is 141 Å². The number of nitro benzene ring substituents is 1. The first-order chi connectivity index (χ1) is 11.8. The van der Waals surface area contributed by atoms with Crippen molar-refractivity contribution in [3.05, 3.63) is 45.8 Å². The molecule has 10 nitrogen and oxygen atoms in total.